The third-order valence-corrected chi connectivity index (χ3v) is 11.2. The third kappa shape index (κ3) is 6.72. The molecule has 1 saturated heterocycles. The molecule has 50 heavy (non-hydrogen) atoms. The van der Waals surface area contributed by atoms with E-state index in [-0.39, 0.29) is 47.7 Å². The van der Waals surface area contributed by atoms with E-state index in [0.717, 1.165) is 53.5 Å². The fraction of sp³-hybridized carbons (Fsp3) is 0.436. The number of carbonyl (C=O) groups excluding carboxylic acids is 4. The molecule has 1 saturated carbocycles. The van der Waals surface area contributed by atoms with E-state index in [0.29, 0.717) is 59.3 Å². The minimum Gasteiger partial charge on any atom is -0.327 e. The monoisotopic (exact) mass is 736 g/mol. The second kappa shape index (κ2) is 13.7. The van der Waals surface area contributed by atoms with Crippen LogP contribution in [0.15, 0.2) is 53.4 Å². The molecule has 1 aliphatic carbocycles. The molecule has 10 nitrogen and oxygen atoms in total. The van der Waals surface area contributed by atoms with E-state index in [4.69, 9.17) is 5.10 Å². The number of nitrogens with zero attached hydrogens (tertiary/aromatic N) is 6. The molecule has 2 aliphatic heterocycles. The fourth-order valence-electron chi connectivity index (χ4n) is 7.93. The Hall–Kier alpha value is -4.38. The van der Waals surface area contributed by atoms with Crippen LogP contribution in [0.1, 0.15) is 91.4 Å². The number of rotatable bonds is 5. The molecule has 5 heterocycles. The highest BCUT2D eigenvalue weighted by Crippen LogP contribution is 2.62. The van der Waals surface area contributed by atoms with Gasteiger partial charge in [0.15, 0.2) is 11.6 Å². The van der Waals surface area contributed by atoms with Crippen molar-refractivity contribution in [1.29, 1.82) is 0 Å². The normalized spacial score (nSPS) is 22.7. The molecule has 2 fully saturated rings. The van der Waals surface area contributed by atoms with Gasteiger partial charge in [-0.3, -0.25) is 23.9 Å². The van der Waals surface area contributed by atoms with E-state index in [1.54, 1.807) is 22.0 Å². The fourth-order valence-corrected chi connectivity index (χ4v) is 8.27. The summed E-state index contributed by atoms with van der Waals surface area (Å²) in [4.78, 5) is 69.7. The van der Waals surface area contributed by atoms with E-state index in [9.17, 15) is 19.2 Å². The number of hydrogen-bond acceptors (Lipinski definition) is 8. The summed E-state index contributed by atoms with van der Waals surface area (Å²) in [5, 5.41) is 5.45. The number of ketones is 3. The summed E-state index contributed by atoms with van der Waals surface area (Å²) in [6.45, 7) is 5.15. The molecule has 1 aromatic carbocycles. The van der Waals surface area contributed by atoms with E-state index >= 15 is 0 Å². The van der Waals surface area contributed by atoms with Crippen LogP contribution >= 0.6 is 15.9 Å². The molecule has 3 aliphatic rings. The van der Waals surface area contributed by atoms with Crippen molar-refractivity contribution in [3.8, 4) is 11.1 Å². The maximum Gasteiger partial charge on any atom is 0.245 e. The SMILES string of the molecule is CC(=O)c1nn2c3c(cc(-c4cnc(C)nc4)cc13)CCC=CCCCC(=O)CC[C@@]13C[C@@H](C(=O)Cc4nc(Br)ccc4C)N(C(=O)C2)[C@@H]1C3. The summed E-state index contributed by atoms with van der Waals surface area (Å²) in [6, 6.07) is 7.06. The number of allylic oxidation sites excluding steroid dienone is 2. The molecule has 0 spiro atoms. The quantitative estimate of drug-likeness (QED) is 0.126. The first-order chi connectivity index (χ1) is 24.0. The van der Waals surface area contributed by atoms with Gasteiger partial charge in [0.05, 0.1) is 23.7 Å². The van der Waals surface area contributed by atoms with Gasteiger partial charge in [-0.05, 0) is 115 Å². The minimum absolute atomic E-state index is 0.0534. The number of Topliss-reactive ketones (excluding diaryl/α,β-unsaturated/α-hetero) is 3. The van der Waals surface area contributed by atoms with Gasteiger partial charge in [0.1, 0.15) is 28.4 Å². The molecule has 7 rings (SSSR count). The van der Waals surface area contributed by atoms with Crippen LogP contribution in [-0.2, 0) is 33.8 Å². The van der Waals surface area contributed by atoms with E-state index < -0.39 is 6.04 Å². The van der Waals surface area contributed by atoms with Gasteiger partial charge in [-0.2, -0.15) is 5.10 Å². The molecule has 258 valence electrons. The lowest BCUT2D eigenvalue weighted by atomic mass is 9.90. The Morgan fingerprint density at radius 3 is 2.54 bits per heavy atom. The highest BCUT2D eigenvalue weighted by atomic mass is 79.9. The molecule has 1 amide bonds. The Morgan fingerprint density at radius 2 is 1.76 bits per heavy atom. The summed E-state index contributed by atoms with van der Waals surface area (Å²) < 4.78 is 2.32. The first-order valence-corrected chi connectivity index (χ1v) is 18.3. The summed E-state index contributed by atoms with van der Waals surface area (Å²) in [5.41, 5.74) is 5.05. The zero-order chi connectivity index (χ0) is 35.2. The highest BCUT2D eigenvalue weighted by Gasteiger charge is 2.66. The number of benzene rings is 1. The van der Waals surface area contributed by atoms with Crippen molar-refractivity contribution in [2.45, 2.75) is 104 Å². The van der Waals surface area contributed by atoms with Crippen LogP contribution < -0.4 is 0 Å². The molecular weight excluding hydrogens is 696 g/mol. The zero-order valence-corrected chi connectivity index (χ0v) is 30.3. The summed E-state index contributed by atoms with van der Waals surface area (Å²) in [7, 11) is 0. The van der Waals surface area contributed by atoms with Crippen LogP contribution in [0.2, 0.25) is 0 Å². The van der Waals surface area contributed by atoms with Gasteiger partial charge in [-0.1, -0.05) is 18.2 Å². The lowest BCUT2D eigenvalue weighted by Gasteiger charge is -2.27. The third-order valence-electron chi connectivity index (χ3n) is 10.7. The van der Waals surface area contributed by atoms with Gasteiger partial charge in [-0.25, -0.2) is 15.0 Å². The van der Waals surface area contributed by atoms with Gasteiger partial charge in [0.25, 0.3) is 0 Å². The van der Waals surface area contributed by atoms with Gasteiger partial charge in [0, 0.05) is 49.2 Å². The Balaban J connectivity index is 1.29. The number of aromatic nitrogens is 5. The van der Waals surface area contributed by atoms with Crippen molar-refractivity contribution in [3.05, 3.63) is 81.8 Å². The van der Waals surface area contributed by atoms with Crippen LogP contribution in [-0.4, -0.2) is 65.0 Å². The maximum absolute atomic E-state index is 14.5. The van der Waals surface area contributed by atoms with Crippen molar-refractivity contribution in [1.82, 2.24) is 29.6 Å². The first-order valence-electron chi connectivity index (χ1n) is 17.5. The van der Waals surface area contributed by atoms with Gasteiger partial charge < -0.3 is 4.90 Å². The average Bonchev–Trinajstić information content (AvgIpc) is 3.50. The van der Waals surface area contributed by atoms with Crippen LogP contribution in [0.5, 0.6) is 0 Å². The van der Waals surface area contributed by atoms with Crippen molar-refractivity contribution < 1.29 is 19.2 Å². The Labute approximate surface area is 299 Å². The number of pyridine rings is 1. The second-order valence-electron chi connectivity index (χ2n) is 14.2. The largest absolute Gasteiger partial charge is 0.327 e. The maximum atomic E-state index is 14.5. The van der Waals surface area contributed by atoms with E-state index in [2.05, 4.69) is 49.1 Å². The van der Waals surface area contributed by atoms with Gasteiger partial charge in [0.2, 0.25) is 5.91 Å². The van der Waals surface area contributed by atoms with Crippen molar-refractivity contribution in [2.24, 2.45) is 5.41 Å². The Morgan fingerprint density at radius 1 is 0.980 bits per heavy atom. The molecule has 4 aromatic rings. The van der Waals surface area contributed by atoms with E-state index in [1.165, 1.54) is 6.92 Å². The predicted octanol–water partition coefficient (Wildman–Crippen LogP) is 6.66. The second-order valence-corrected chi connectivity index (χ2v) is 15.0. The molecule has 0 unspecified atom stereocenters. The summed E-state index contributed by atoms with van der Waals surface area (Å²) in [6.07, 6.45) is 13.9. The predicted molar refractivity (Wildman–Crippen MR) is 193 cm³/mol. The summed E-state index contributed by atoms with van der Waals surface area (Å²) in [5.74, 6) is 0.444. The summed E-state index contributed by atoms with van der Waals surface area (Å²) >= 11 is 3.43. The van der Waals surface area contributed by atoms with Crippen molar-refractivity contribution in [3.63, 3.8) is 0 Å². The number of carbonyl (C=O) groups is 4. The van der Waals surface area contributed by atoms with Gasteiger partial charge in [-0.15, -0.1) is 0 Å². The number of piperidine rings is 1. The Bertz CT molecular complexity index is 2050. The molecule has 0 N–H and O–H groups in total. The smallest absolute Gasteiger partial charge is 0.245 e. The highest BCUT2D eigenvalue weighted by molar-refractivity contribution is 9.10. The molecule has 3 atom stereocenters. The van der Waals surface area contributed by atoms with Crippen molar-refractivity contribution in [2.75, 3.05) is 0 Å². The molecule has 11 heteroatoms. The molecule has 0 radical (unpaired) electrons. The first kappa shape index (κ1) is 34.1. The topological polar surface area (TPSA) is 128 Å². The number of hydrogen-bond donors (Lipinski definition) is 0. The zero-order valence-electron chi connectivity index (χ0n) is 28.7. The van der Waals surface area contributed by atoms with Crippen LogP contribution in [0.25, 0.3) is 22.0 Å². The number of amides is 1. The minimum atomic E-state index is -0.621. The van der Waals surface area contributed by atoms with Crippen molar-refractivity contribution >= 4 is 50.1 Å². The molecule has 3 aromatic heterocycles. The lowest BCUT2D eigenvalue weighted by Crippen LogP contribution is -2.45. The molecule has 2 bridgehead atoms. The average molecular weight is 738 g/mol. The lowest BCUT2D eigenvalue weighted by molar-refractivity contribution is -0.139. The standard InChI is InChI=1S/C39H41BrN6O4/c1-23-11-12-35(40)43-31(23)17-33(49)32-18-39-14-13-29(48)10-8-6-4-5-7-9-26-15-27(28-20-41-25(3)42-21-28)16-30-37(24(2)47)44-45(38(26)30)22-36(50)46(32)34(39)19-39/h4-5,11-12,15-16,20-21,32,34H,6-10,13-14,17-19,22H2,1-3H3/t32-,34+,39-/m0/s1. The van der Waals surface area contributed by atoms with Crippen LogP contribution in [0.4, 0.5) is 0 Å². The Kier molecular flexibility index (Phi) is 9.36. The number of aryl methyl sites for hydroxylation is 3. The van der Waals surface area contributed by atoms with Gasteiger partial charge >= 0.3 is 0 Å². The van der Waals surface area contributed by atoms with Crippen LogP contribution in [0.3, 0.4) is 0 Å². The molecular formula is C39H41BrN6O4. The number of halogens is 1. The van der Waals surface area contributed by atoms with E-state index in [1.807, 2.05) is 32.0 Å². The van der Waals surface area contributed by atoms with Crippen LogP contribution in [0, 0.1) is 19.3 Å².